The fourth-order valence-electron chi connectivity index (χ4n) is 1.77. The van der Waals surface area contributed by atoms with E-state index in [1.165, 1.54) is 10.4 Å². The molecule has 1 aliphatic heterocycles. The van der Waals surface area contributed by atoms with Crippen molar-refractivity contribution in [2.45, 2.75) is 17.4 Å². The van der Waals surface area contributed by atoms with Gasteiger partial charge < -0.3 is 5.73 Å². The van der Waals surface area contributed by atoms with Crippen molar-refractivity contribution >= 4 is 21.6 Å². The lowest BCUT2D eigenvalue weighted by Gasteiger charge is -2.16. The summed E-state index contributed by atoms with van der Waals surface area (Å²) in [5.74, 6) is 0. The fraction of sp³-hybridized carbons (Fsp3) is 0.400. The van der Waals surface area contributed by atoms with Crippen molar-refractivity contribution in [2.24, 2.45) is 5.73 Å². The molecule has 2 N–H and O–H groups in total. The van der Waals surface area contributed by atoms with Crippen LogP contribution in [0.3, 0.4) is 0 Å². The van der Waals surface area contributed by atoms with Crippen LogP contribution in [0.5, 0.6) is 0 Å². The Morgan fingerprint density at radius 1 is 1.38 bits per heavy atom. The molecular formula is C10H13ClN2O2S. The summed E-state index contributed by atoms with van der Waals surface area (Å²) in [6.45, 7) is 0.836. The normalized spacial score (nSPS) is 22.5. The van der Waals surface area contributed by atoms with Gasteiger partial charge in [0, 0.05) is 19.1 Å². The molecule has 1 aromatic rings. The van der Waals surface area contributed by atoms with Gasteiger partial charge in [0.25, 0.3) is 0 Å². The topological polar surface area (TPSA) is 63.4 Å². The van der Waals surface area contributed by atoms with E-state index < -0.39 is 10.0 Å². The van der Waals surface area contributed by atoms with Crippen molar-refractivity contribution in [3.05, 3.63) is 29.3 Å². The zero-order chi connectivity index (χ0) is 11.8. The van der Waals surface area contributed by atoms with Crippen LogP contribution in [0.15, 0.2) is 29.2 Å². The van der Waals surface area contributed by atoms with Crippen LogP contribution in [0.25, 0.3) is 0 Å². The summed E-state index contributed by atoms with van der Waals surface area (Å²) in [5, 5.41) is 0.253. The third-order valence-corrected chi connectivity index (χ3v) is 5.01. The monoisotopic (exact) mass is 260 g/mol. The van der Waals surface area contributed by atoms with Crippen molar-refractivity contribution in [2.75, 3.05) is 13.1 Å². The SMILES string of the molecule is N[C@H]1CCN(S(=O)(=O)c2ccccc2Cl)C1. The molecular weight excluding hydrogens is 248 g/mol. The van der Waals surface area contributed by atoms with Gasteiger partial charge in [0.15, 0.2) is 0 Å². The van der Waals surface area contributed by atoms with Crippen LogP contribution in [0, 0.1) is 0 Å². The highest BCUT2D eigenvalue weighted by Crippen LogP contribution is 2.26. The van der Waals surface area contributed by atoms with E-state index >= 15 is 0 Å². The predicted octanol–water partition coefficient (Wildman–Crippen LogP) is 1.06. The zero-order valence-corrected chi connectivity index (χ0v) is 10.2. The average Bonchev–Trinajstić information content (AvgIpc) is 2.66. The second-order valence-electron chi connectivity index (χ2n) is 3.84. The van der Waals surface area contributed by atoms with Gasteiger partial charge >= 0.3 is 0 Å². The highest BCUT2D eigenvalue weighted by Gasteiger charge is 2.31. The van der Waals surface area contributed by atoms with Crippen LogP contribution in [0.1, 0.15) is 6.42 Å². The minimum atomic E-state index is -3.48. The number of sulfonamides is 1. The van der Waals surface area contributed by atoms with E-state index in [4.69, 9.17) is 17.3 Å². The van der Waals surface area contributed by atoms with Gasteiger partial charge in [-0.05, 0) is 18.6 Å². The van der Waals surface area contributed by atoms with Crippen molar-refractivity contribution in [1.29, 1.82) is 0 Å². The Kier molecular flexibility index (Phi) is 3.21. The zero-order valence-electron chi connectivity index (χ0n) is 8.64. The lowest BCUT2D eigenvalue weighted by molar-refractivity contribution is 0.472. The van der Waals surface area contributed by atoms with Crippen LogP contribution in [-0.2, 0) is 10.0 Å². The Hall–Kier alpha value is -0.620. The van der Waals surface area contributed by atoms with Gasteiger partial charge in [-0.3, -0.25) is 0 Å². The van der Waals surface area contributed by atoms with Crippen molar-refractivity contribution in [1.82, 2.24) is 4.31 Å². The summed E-state index contributed by atoms with van der Waals surface area (Å²) < 4.78 is 25.8. The smallest absolute Gasteiger partial charge is 0.244 e. The highest BCUT2D eigenvalue weighted by atomic mass is 35.5. The van der Waals surface area contributed by atoms with Crippen LogP contribution < -0.4 is 5.73 Å². The van der Waals surface area contributed by atoms with Crippen LogP contribution in [0.2, 0.25) is 5.02 Å². The number of benzene rings is 1. The molecule has 16 heavy (non-hydrogen) atoms. The minimum Gasteiger partial charge on any atom is -0.326 e. The van der Waals surface area contributed by atoms with Gasteiger partial charge in [0.2, 0.25) is 10.0 Å². The summed E-state index contributed by atoms with van der Waals surface area (Å²) in [4.78, 5) is 0.158. The number of nitrogens with two attached hydrogens (primary N) is 1. The van der Waals surface area contributed by atoms with E-state index in [1.807, 2.05) is 0 Å². The first-order valence-electron chi connectivity index (χ1n) is 5.02. The first-order chi connectivity index (χ1) is 7.51. The maximum absolute atomic E-state index is 12.2. The molecule has 88 valence electrons. The van der Waals surface area contributed by atoms with Gasteiger partial charge in [-0.25, -0.2) is 8.42 Å². The largest absolute Gasteiger partial charge is 0.326 e. The van der Waals surface area contributed by atoms with E-state index in [0.717, 1.165) is 0 Å². The lowest BCUT2D eigenvalue weighted by atomic mass is 10.3. The lowest BCUT2D eigenvalue weighted by Crippen LogP contribution is -2.32. The van der Waals surface area contributed by atoms with Gasteiger partial charge in [0.1, 0.15) is 4.90 Å². The number of rotatable bonds is 2. The second-order valence-corrected chi connectivity index (χ2v) is 6.16. The number of hydrogen-bond donors (Lipinski definition) is 1. The number of halogens is 1. The number of hydrogen-bond acceptors (Lipinski definition) is 3. The molecule has 1 fully saturated rings. The van der Waals surface area contributed by atoms with E-state index in [0.29, 0.717) is 19.5 Å². The molecule has 0 aliphatic carbocycles. The standard InChI is InChI=1S/C10H13ClN2O2S/c11-9-3-1-2-4-10(9)16(14,15)13-6-5-8(12)7-13/h1-4,8H,5-7,12H2/t8-/m0/s1. The molecule has 0 radical (unpaired) electrons. The quantitative estimate of drug-likeness (QED) is 0.865. The Balaban J connectivity index is 2.36. The summed E-state index contributed by atoms with van der Waals surface area (Å²) >= 11 is 5.89. The van der Waals surface area contributed by atoms with E-state index in [2.05, 4.69) is 0 Å². The molecule has 1 heterocycles. The molecule has 1 saturated heterocycles. The Labute approximate surface area is 100 Å². The van der Waals surface area contributed by atoms with Gasteiger partial charge in [-0.15, -0.1) is 0 Å². The first-order valence-corrected chi connectivity index (χ1v) is 6.84. The van der Waals surface area contributed by atoms with Crippen molar-refractivity contribution < 1.29 is 8.42 Å². The summed E-state index contributed by atoms with van der Waals surface area (Å²) in [7, 11) is -3.48. The van der Waals surface area contributed by atoms with Gasteiger partial charge in [-0.1, -0.05) is 23.7 Å². The fourth-order valence-corrected chi connectivity index (χ4v) is 3.77. The average molecular weight is 261 g/mol. The molecule has 1 atom stereocenters. The van der Waals surface area contributed by atoms with Crippen LogP contribution in [-0.4, -0.2) is 31.9 Å². The molecule has 1 aliphatic rings. The summed E-state index contributed by atoms with van der Waals surface area (Å²) in [5.41, 5.74) is 5.70. The molecule has 0 unspecified atom stereocenters. The molecule has 4 nitrogen and oxygen atoms in total. The Morgan fingerprint density at radius 3 is 2.62 bits per heavy atom. The Bertz CT molecular complexity index is 489. The van der Waals surface area contributed by atoms with Crippen LogP contribution >= 0.6 is 11.6 Å². The molecule has 2 rings (SSSR count). The molecule has 0 amide bonds. The number of nitrogens with zero attached hydrogens (tertiary/aromatic N) is 1. The minimum absolute atomic E-state index is 0.0720. The maximum Gasteiger partial charge on any atom is 0.244 e. The van der Waals surface area contributed by atoms with E-state index in [1.54, 1.807) is 18.2 Å². The molecule has 0 bridgehead atoms. The third kappa shape index (κ3) is 2.08. The van der Waals surface area contributed by atoms with E-state index in [9.17, 15) is 8.42 Å². The van der Waals surface area contributed by atoms with Gasteiger partial charge in [-0.2, -0.15) is 4.31 Å². The van der Waals surface area contributed by atoms with Gasteiger partial charge in [0.05, 0.1) is 5.02 Å². The molecule has 0 spiro atoms. The van der Waals surface area contributed by atoms with Crippen LogP contribution in [0.4, 0.5) is 0 Å². The van der Waals surface area contributed by atoms with Crippen molar-refractivity contribution in [3.63, 3.8) is 0 Å². The summed E-state index contributed by atoms with van der Waals surface area (Å²) in [6, 6.07) is 6.38. The highest BCUT2D eigenvalue weighted by molar-refractivity contribution is 7.89. The molecule has 1 aromatic carbocycles. The maximum atomic E-state index is 12.2. The Morgan fingerprint density at radius 2 is 2.06 bits per heavy atom. The van der Waals surface area contributed by atoms with E-state index in [-0.39, 0.29) is 16.0 Å². The van der Waals surface area contributed by atoms with Crippen molar-refractivity contribution in [3.8, 4) is 0 Å². The molecule has 6 heteroatoms. The second kappa shape index (κ2) is 4.33. The predicted molar refractivity (Wildman–Crippen MR) is 62.8 cm³/mol. The summed E-state index contributed by atoms with van der Waals surface area (Å²) in [6.07, 6.45) is 0.698. The molecule has 0 aromatic heterocycles. The first kappa shape index (κ1) is 11.9. The molecule has 0 saturated carbocycles. The third-order valence-electron chi connectivity index (χ3n) is 2.64.